The quantitative estimate of drug-likeness (QED) is 0.778. The molecule has 2 heterocycles. The van der Waals surface area contributed by atoms with Crippen molar-refractivity contribution >= 4 is 11.3 Å². The first-order chi connectivity index (χ1) is 8.68. The zero-order valence-electron chi connectivity index (χ0n) is 11.5. The lowest BCUT2D eigenvalue weighted by Crippen LogP contribution is -2.37. The van der Waals surface area contributed by atoms with Crippen molar-refractivity contribution in [2.24, 2.45) is 5.92 Å². The number of hydrogen-bond donors (Lipinski definition) is 2. The minimum absolute atomic E-state index is 0.0162. The van der Waals surface area contributed by atoms with Crippen LogP contribution in [0.5, 0.6) is 0 Å². The highest BCUT2D eigenvalue weighted by molar-refractivity contribution is 7.09. The van der Waals surface area contributed by atoms with Crippen molar-refractivity contribution in [1.82, 2.24) is 15.6 Å². The molecule has 1 aromatic rings. The fourth-order valence-electron chi connectivity index (χ4n) is 2.57. The highest BCUT2D eigenvalue weighted by Gasteiger charge is 2.22. The zero-order chi connectivity index (χ0) is 12.8. The maximum Gasteiger partial charge on any atom is 0.112 e. The Morgan fingerprint density at radius 2 is 2.22 bits per heavy atom. The van der Waals surface area contributed by atoms with Crippen molar-refractivity contribution in [2.45, 2.75) is 45.1 Å². The van der Waals surface area contributed by atoms with Crippen LogP contribution in [0.15, 0.2) is 11.6 Å². The van der Waals surface area contributed by atoms with Gasteiger partial charge in [-0.3, -0.25) is 0 Å². The summed E-state index contributed by atoms with van der Waals surface area (Å²) in [5.74, 6) is 0.941. The average molecular weight is 267 g/mol. The molecule has 0 aromatic carbocycles. The van der Waals surface area contributed by atoms with Crippen molar-refractivity contribution in [3.05, 3.63) is 16.6 Å². The molecule has 0 radical (unpaired) electrons. The van der Waals surface area contributed by atoms with E-state index < -0.39 is 0 Å². The van der Waals surface area contributed by atoms with E-state index in [2.05, 4.69) is 29.5 Å². The van der Waals surface area contributed by atoms with Gasteiger partial charge in [-0.1, -0.05) is 0 Å². The number of nitrogens with zero attached hydrogens (tertiary/aromatic N) is 1. The van der Waals surface area contributed by atoms with Crippen LogP contribution in [0, 0.1) is 5.92 Å². The molecule has 0 saturated carbocycles. The molecule has 102 valence electrons. The second-order valence-electron chi connectivity index (χ2n) is 5.72. The van der Waals surface area contributed by atoms with Gasteiger partial charge in [-0.25, -0.2) is 4.98 Å². The summed E-state index contributed by atoms with van der Waals surface area (Å²) < 4.78 is 0. The number of thiazole rings is 1. The summed E-state index contributed by atoms with van der Waals surface area (Å²) in [6.45, 7) is 7.95. The molecule has 0 aliphatic carbocycles. The molecule has 0 atom stereocenters. The van der Waals surface area contributed by atoms with Gasteiger partial charge < -0.3 is 10.6 Å². The fourth-order valence-corrected chi connectivity index (χ4v) is 3.31. The Bertz CT molecular complexity index is 329. The van der Waals surface area contributed by atoms with Crippen molar-refractivity contribution in [2.75, 3.05) is 19.6 Å². The van der Waals surface area contributed by atoms with Gasteiger partial charge in [0.1, 0.15) is 5.01 Å². The van der Waals surface area contributed by atoms with E-state index in [9.17, 15) is 0 Å². The van der Waals surface area contributed by atoms with Gasteiger partial charge in [-0.2, -0.15) is 0 Å². The smallest absolute Gasteiger partial charge is 0.112 e. The molecule has 1 aliphatic rings. The first-order valence-corrected chi connectivity index (χ1v) is 7.92. The molecule has 2 rings (SSSR count). The van der Waals surface area contributed by atoms with E-state index in [0.29, 0.717) is 0 Å². The van der Waals surface area contributed by atoms with Crippen molar-refractivity contribution in [3.63, 3.8) is 0 Å². The molecule has 0 spiro atoms. The maximum atomic E-state index is 4.40. The molecule has 18 heavy (non-hydrogen) atoms. The number of hydrogen-bond acceptors (Lipinski definition) is 4. The molecule has 2 N–H and O–H groups in total. The normalized spacial score (nSPS) is 18.1. The summed E-state index contributed by atoms with van der Waals surface area (Å²) in [5, 5.41) is 10.3. The van der Waals surface area contributed by atoms with Crippen LogP contribution in [0.3, 0.4) is 0 Å². The van der Waals surface area contributed by atoms with Crippen molar-refractivity contribution < 1.29 is 0 Å². The number of piperidine rings is 1. The number of aromatic nitrogens is 1. The van der Waals surface area contributed by atoms with E-state index in [-0.39, 0.29) is 5.54 Å². The van der Waals surface area contributed by atoms with Gasteiger partial charge >= 0.3 is 0 Å². The van der Waals surface area contributed by atoms with Crippen LogP contribution in [-0.4, -0.2) is 24.6 Å². The van der Waals surface area contributed by atoms with Crippen molar-refractivity contribution in [3.8, 4) is 0 Å². The molecular formula is C14H25N3S. The predicted molar refractivity (Wildman–Crippen MR) is 78.0 cm³/mol. The maximum absolute atomic E-state index is 4.40. The molecule has 0 unspecified atom stereocenters. The summed E-state index contributed by atoms with van der Waals surface area (Å²) >= 11 is 1.73. The molecule has 1 fully saturated rings. The topological polar surface area (TPSA) is 37.0 Å². The predicted octanol–water partition coefficient (Wildman–Crippen LogP) is 2.75. The van der Waals surface area contributed by atoms with E-state index in [1.807, 2.05) is 11.6 Å². The third kappa shape index (κ3) is 4.04. The van der Waals surface area contributed by atoms with E-state index in [0.717, 1.165) is 12.5 Å². The van der Waals surface area contributed by atoms with Gasteiger partial charge in [-0.15, -0.1) is 11.3 Å². The summed E-state index contributed by atoms with van der Waals surface area (Å²) in [6.07, 6.45) is 7.24. The largest absolute Gasteiger partial charge is 0.317 e. The standard InChI is InChI=1S/C14H25N3S/c1-14(2,13-16-10-11-18-13)17-7-3-4-12-5-8-15-9-6-12/h10-12,15,17H,3-9H2,1-2H3. The van der Waals surface area contributed by atoms with Gasteiger partial charge in [0.25, 0.3) is 0 Å². The highest BCUT2D eigenvalue weighted by atomic mass is 32.1. The van der Waals surface area contributed by atoms with E-state index in [1.54, 1.807) is 11.3 Å². The van der Waals surface area contributed by atoms with Crippen LogP contribution in [0.1, 0.15) is 44.5 Å². The zero-order valence-corrected chi connectivity index (χ0v) is 12.4. The van der Waals surface area contributed by atoms with Crippen LogP contribution in [0.4, 0.5) is 0 Å². The molecule has 0 amide bonds. The van der Waals surface area contributed by atoms with Crippen LogP contribution in [-0.2, 0) is 5.54 Å². The minimum atomic E-state index is 0.0162. The van der Waals surface area contributed by atoms with Gasteiger partial charge in [0, 0.05) is 11.6 Å². The fraction of sp³-hybridized carbons (Fsp3) is 0.786. The van der Waals surface area contributed by atoms with Crippen molar-refractivity contribution in [1.29, 1.82) is 0 Å². The van der Waals surface area contributed by atoms with Gasteiger partial charge in [0.15, 0.2) is 0 Å². The average Bonchev–Trinajstić information content (AvgIpc) is 2.91. The number of rotatable bonds is 6. The monoisotopic (exact) mass is 267 g/mol. The Morgan fingerprint density at radius 1 is 1.44 bits per heavy atom. The lowest BCUT2D eigenvalue weighted by molar-refractivity contribution is 0.329. The van der Waals surface area contributed by atoms with E-state index >= 15 is 0 Å². The third-order valence-corrected chi connectivity index (χ3v) is 4.88. The molecule has 1 aromatic heterocycles. The summed E-state index contributed by atoms with van der Waals surface area (Å²) in [6, 6.07) is 0. The first-order valence-electron chi connectivity index (χ1n) is 7.04. The summed E-state index contributed by atoms with van der Waals surface area (Å²) in [5.41, 5.74) is 0.0162. The lowest BCUT2D eigenvalue weighted by atomic mass is 9.93. The third-order valence-electron chi connectivity index (χ3n) is 3.78. The molecule has 3 nitrogen and oxygen atoms in total. The van der Waals surface area contributed by atoms with Crippen LogP contribution < -0.4 is 10.6 Å². The number of nitrogens with one attached hydrogen (secondary N) is 2. The summed E-state index contributed by atoms with van der Waals surface area (Å²) in [7, 11) is 0. The molecular weight excluding hydrogens is 242 g/mol. The Morgan fingerprint density at radius 3 is 2.89 bits per heavy atom. The van der Waals surface area contributed by atoms with Gasteiger partial charge in [-0.05, 0) is 65.1 Å². The van der Waals surface area contributed by atoms with Crippen LogP contribution in [0.2, 0.25) is 0 Å². The second kappa shape index (κ2) is 6.64. The minimum Gasteiger partial charge on any atom is -0.317 e. The Labute approximate surface area is 114 Å². The molecule has 4 heteroatoms. The van der Waals surface area contributed by atoms with Crippen LogP contribution in [0.25, 0.3) is 0 Å². The first kappa shape index (κ1) is 14.0. The molecule has 1 aliphatic heterocycles. The SMILES string of the molecule is CC(C)(NCCCC1CCNCC1)c1nccs1. The molecule has 1 saturated heterocycles. The van der Waals surface area contributed by atoms with E-state index in [1.165, 1.54) is 43.8 Å². The van der Waals surface area contributed by atoms with Gasteiger partial charge in [0.05, 0.1) is 5.54 Å². The van der Waals surface area contributed by atoms with E-state index in [4.69, 9.17) is 0 Å². The Hall–Kier alpha value is -0.450. The highest BCUT2D eigenvalue weighted by Crippen LogP contribution is 2.22. The van der Waals surface area contributed by atoms with Gasteiger partial charge in [0.2, 0.25) is 0 Å². The Kier molecular flexibility index (Phi) is 5.15. The second-order valence-corrected chi connectivity index (χ2v) is 6.62. The summed E-state index contributed by atoms with van der Waals surface area (Å²) in [4.78, 5) is 4.40. The Balaban J connectivity index is 1.65. The molecule has 0 bridgehead atoms. The van der Waals surface area contributed by atoms with Crippen LogP contribution >= 0.6 is 11.3 Å². The lowest BCUT2D eigenvalue weighted by Gasteiger charge is -2.26.